The third kappa shape index (κ3) is 6.37. The molecular weight excluding hydrogens is 340 g/mol. The van der Waals surface area contributed by atoms with Gasteiger partial charge in [-0.15, -0.1) is 0 Å². The van der Waals surface area contributed by atoms with Gasteiger partial charge in [-0.25, -0.2) is 4.99 Å². The fourth-order valence-electron chi connectivity index (χ4n) is 3.10. The van der Waals surface area contributed by atoms with Crippen molar-refractivity contribution in [3.63, 3.8) is 0 Å². The fraction of sp³-hybridized carbons (Fsp3) is 0.500. The molecule has 0 atom stereocenters. The summed E-state index contributed by atoms with van der Waals surface area (Å²) in [5.41, 5.74) is 2.47. The quantitative estimate of drug-likeness (QED) is 0.542. The third-order valence-corrected chi connectivity index (χ3v) is 4.59. The molecule has 1 aliphatic rings. The highest BCUT2D eigenvalue weighted by Gasteiger charge is 2.10. The zero-order valence-corrected chi connectivity index (χ0v) is 16.1. The predicted molar refractivity (Wildman–Crippen MR) is 108 cm³/mol. The van der Waals surface area contributed by atoms with E-state index in [0.29, 0.717) is 6.54 Å². The largest absolute Gasteiger partial charge is 0.379 e. The lowest BCUT2D eigenvalue weighted by atomic mass is 10.1. The molecule has 0 saturated carbocycles. The van der Waals surface area contributed by atoms with Crippen LogP contribution in [0.1, 0.15) is 18.1 Å². The number of hydrogen-bond acceptors (Lipinski definition) is 4. The van der Waals surface area contributed by atoms with Crippen LogP contribution in [0.3, 0.4) is 0 Å². The van der Waals surface area contributed by atoms with Crippen molar-refractivity contribution in [3.8, 4) is 0 Å². The SMILES string of the molecule is CCNC(=NCc1ccccc1Cn1cccn1)NCCN1CCOCC1. The van der Waals surface area contributed by atoms with E-state index in [4.69, 9.17) is 9.73 Å². The lowest BCUT2D eigenvalue weighted by Crippen LogP contribution is -2.44. The highest BCUT2D eigenvalue weighted by molar-refractivity contribution is 5.79. The van der Waals surface area contributed by atoms with E-state index in [0.717, 1.165) is 58.4 Å². The molecule has 7 nitrogen and oxygen atoms in total. The van der Waals surface area contributed by atoms with Gasteiger partial charge in [-0.2, -0.15) is 5.10 Å². The van der Waals surface area contributed by atoms with Crippen LogP contribution in [0.25, 0.3) is 0 Å². The van der Waals surface area contributed by atoms with Crippen LogP contribution < -0.4 is 10.6 Å². The first kappa shape index (κ1) is 19.4. The average Bonchev–Trinajstić information content (AvgIpc) is 3.21. The average molecular weight is 371 g/mol. The number of rotatable bonds is 8. The predicted octanol–water partition coefficient (Wildman–Crippen LogP) is 1.32. The summed E-state index contributed by atoms with van der Waals surface area (Å²) in [5.74, 6) is 0.861. The van der Waals surface area contributed by atoms with Crippen molar-refractivity contribution in [1.82, 2.24) is 25.3 Å². The summed E-state index contributed by atoms with van der Waals surface area (Å²) >= 11 is 0. The minimum absolute atomic E-state index is 0.643. The summed E-state index contributed by atoms with van der Waals surface area (Å²) in [5, 5.41) is 11.1. The van der Waals surface area contributed by atoms with Crippen molar-refractivity contribution in [2.75, 3.05) is 45.9 Å². The van der Waals surface area contributed by atoms with Gasteiger partial charge < -0.3 is 15.4 Å². The second-order valence-corrected chi connectivity index (χ2v) is 6.55. The van der Waals surface area contributed by atoms with Crippen molar-refractivity contribution in [2.24, 2.45) is 4.99 Å². The van der Waals surface area contributed by atoms with Gasteiger partial charge in [0.2, 0.25) is 0 Å². The molecule has 27 heavy (non-hydrogen) atoms. The van der Waals surface area contributed by atoms with E-state index in [1.54, 1.807) is 0 Å². The van der Waals surface area contributed by atoms with Gasteiger partial charge in [0.15, 0.2) is 5.96 Å². The number of nitrogens with zero attached hydrogens (tertiary/aromatic N) is 4. The number of guanidine groups is 1. The van der Waals surface area contributed by atoms with Gasteiger partial charge in [0, 0.05) is 45.1 Å². The summed E-state index contributed by atoms with van der Waals surface area (Å²) < 4.78 is 7.34. The number of hydrogen-bond donors (Lipinski definition) is 2. The highest BCUT2D eigenvalue weighted by Crippen LogP contribution is 2.11. The van der Waals surface area contributed by atoms with Crippen molar-refractivity contribution < 1.29 is 4.74 Å². The van der Waals surface area contributed by atoms with Crippen LogP contribution in [0.5, 0.6) is 0 Å². The molecule has 3 rings (SSSR count). The first-order valence-corrected chi connectivity index (χ1v) is 9.71. The minimum atomic E-state index is 0.643. The molecule has 2 aromatic rings. The third-order valence-electron chi connectivity index (χ3n) is 4.59. The van der Waals surface area contributed by atoms with Crippen LogP contribution >= 0.6 is 0 Å². The van der Waals surface area contributed by atoms with Crippen LogP contribution in [0, 0.1) is 0 Å². The number of benzene rings is 1. The molecule has 1 aliphatic heterocycles. The van der Waals surface area contributed by atoms with Crippen molar-refractivity contribution in [3.05, 3.63) is 53.9 Å². The normalized spacial score (nSPS) is 15.7. The van der Waals surface area contributed by atoms with E-state index < -0.39 is 0 Å². The second kappa shape index (κ2) is 10.7. The molecule has 2 N–H and O–H groups in total. The molecule has 1 fully saturated rings. The number of aliphatic imine (C=N–C) groups is 1. The topological polar surface area (TPSA) is 66.7 Å². The van der Waals surface area contributed by atoms with Gasteiger partial charge in [0.25, 0.3) is 0 Å². The smallest absolute Gasteiger partial charge is 0.191 e. The van der Waals surface area contributed by atoms with E-state index in [1.165, 1.54) is 11.1 Å². The Hall–Kier alpha value is -2.38. The summed E-state index contributed by atoms with van der Waals surface area (Å²) in [4.78, 5) is 7.19. The Kier molecular flexibility index (Phi) is 7.68. The minimum Gasteiger partial charge on any atom is -0.379 e. The molecule has 1 aromatic carbocycles. The lowest BCUT2D eigenvalue weighted by molar-refractivity contribution is 0.0389. The van der Waals surface area contributed by atoms with E-state index in [-0.39, 0.29) is 0 Å². The number of nitrogens with one attached hydrogen (secondary N) is 2. The van der Waals surface area contributed by atoms with Gasteiger partial charge in [-0.3, -0.25) is 9.58 Å². The Balaban J connectivity index is 1.56. The Morgan fingerprint density at radius 2 is 1.96 bits per heavy atom. The van der Waals surface area contributed by atoms with Gasteiger partial charge in [-0.1, -0.05) is 24.3 Å². The summed E-state index contributed by atoms with van der Waals surface area (Å²) in [7, 11) is 0. The van der Waals surface area contributed by atoms with Crippen LogP contribution in [0.4, 0.5) is 0 Å². The molecule has 0 spiro atoms. The maximum atomic E-state index is 5.40. The Bertz CT molecular complexity index is 694. The molecule has 7 heteroatoms. The van der Waals surface area contributed by atoms with Crippen molar-refractivity contribution in [2.45, 2.75) is 20.0 Å². The van der Waals surface area contributed by atoms with Crippen molar-refractivity contribution >= 4 is 5.96 Å². The highest BCUT2D eigenvalue weighted by atomic mass is 16.5. The maximum Gasteiger partial charge on any atom is 0.191 e. The van der Waals surface area contributed by atoms with Gasteiger partial charge in [0.05, 0.1) is 26.3 Å². The molecule has 0 radical (unpaired) electrons. The molecule has 146 valence electrons. The second-order valence-electron chi connectivity index (χ2n) is 6.55. The number of ether oxygens (including phenoxy) is 1. The molecule has 2 heterocycles. The van der Waals surface area contributed by atoms with Crippen LogP contribution in [-0.2, 0) is 17.8 Å². The number of morpholine rings is 1. The monoisotopic (exact) mass is 370 g/mol. The molecule has 0 bridgehead atoms. The first-order chi connectivity index (χ1) is 13.3. The van der Waals surface area contributed by atoms with E-state index in [2.05, 4.69) is 51.8 Å². The molecule has 0 unspecified atom stereocenters. The van der Waals surface area contributed by atoms with E-state index in [9.17, 15) is 0 Å². The Labute approximate surface area is 161 Å². The summed E-state index contributed by atoms with van der Waals surface area (Å²) in [6.07, 6.45) is 3.79. The molecule has 0 aliphatic carbocycles. The standard InChI is InChI=1S/C20H30N6O/c1-2-21-20(22-9-11-25-12-14-27-15-13-25)23-16-18-6-3-4-7-19(18)17-26-10-5-8-24-26/h3-8,10H,2,9,11-17H2,1H3,(H2,21,22,23). The number of aromatic nitrogens is 2. The van der Waals surface area contributed by atoms with E-state index in [1.807, 2.05) is 23.1 Å². The molecule has 0 amide bonds. The fourth-order valence-corrected chi connectivity index (χ4v) is 3.10. The van der Waals surface area contributed by atoms with Gasteiger partial charge in [-0.05, 0) is 24.1 Å². The summed E-state index contributed by atoms with van der Waals surface area (Å²) in [6.45, 7) is 9.91. The van der Waals surface area contributed by atoms with Gasteiger partial charge in [0.1, 0.15) is 0 Å². The molecule has 1 saturated heterocycles. The first-order valence-electron chi connectivity index (χ1n) is 9.71. The van der Waals surface area contributed by atoms with Crippen molar-refractivity contribution in [1.29, 1.82) is 0 Å². The molecular formula is C20H30N6O. The van der Waals surface area contributed by atoms with Gasteiger partial charge >= 0.3 is 0 Å². The van der Waals surface area contributed by atoms with Crippen LogP contribution in [0.15, 0.2) is 47.7 Å². The maximum absolute atomic E-state index is 5.40. The van der Waals surface area contributed by atoms with Crippen LogP contribution in [0.2, 0.25) is 0 Å². The molecule has 1 aromatic heterocycles. The lowest BCUT2D eigenvalue weighted by Gasteiger charge is -2.26. The Morgan fingerprint density at radius 1 is 1.15 bits per heavy atom. The zero-order valence-electron chi connectivity index (χ0n) is 16.1. The summed E-state index contributed by atoms with van der Waals surface area (Å²) in [6, 6.07) is 10.4. The zero-order chi connectivity index (χ0) is 18.7. The van der Waals surface area contributed by atoms with Crippen LogP contribution in [-0.4, -0.2) is 66.6 Å². The Morgan fingerprint density at radius 3 is 2.70 bits per heavy atom. The van der Waals surface area contributed by atoms with E-state index >= 15 is 0 Å².